The number of nitrogens with zero attached hydrogens (tertiary/aromatic N) is 4. The number of sulfonamides is 1. The summed E-state index contributed by atoms with van der Waals surface area (Å²) in [4.78, 5) is 28.9. The van der Waals surface area contributed by atoms with Crippen LogP contribution in [0.25, 0.3) is 11.3 Å². The molecule has 1 aliphatic heterocycles. The number of hydrogen-bond acceptors (Lipinski definition) is 9. The van der Waals surface area contributed by atoms with E-state index in [0.29, 0.717) is 23.3 Å². The second-order valence-corrected chi connectivity index (χ2v) is 12.2. The molecule has 3 N–H and O–H groups in total. The highest BCUT2D eigenvalue weighted by atomic mass is 32.2. The van der Waals surface area contributed by atoms with Gasteiger partial charge in [0.1, 0.15) is 11.6 Å². The van der Waals surface area contributed by atoms with Gasteiger partial charge < -0.3 is 15.4 Å². The van der Waals surface area contributed by atoms with Gasteiger partial charge in [0.2, 0.25) is 5.88 Å². The van der Waals surface area contributed by atoms with Gasteiger partial charge in [0.05, 0.1) is 17.4 Å². The Kier molecular flexibility index (Phi) is 7.44. The Morgan fingerprint density at radius 2 is 1.92 bits per heavy atom. The van der Waals surface area contributed by atoms with E-state index in [1.165, 1.54) is 24.6 Å². The summed E-state index contributed by atoms with van der Waals surface area (Å²) in [5, 5.41) is -0.321. The minimum Gasteiger partial charge on any atom is -0.475 e. The Morgan fingerprint density at radius 1 is 1.13 bits per heavy atom. The van der Waals surface area contributed by atoms with Crippen LogP contribution >= 0.6 is 0 Å². The molecule has 3 atom stereocenters. The SMILES string of the molecule is CC(C)Oc1ccc(-c2ccc(C(=O)NS(=O)(=O)c3cccc(N)n3)c(N3C(C)CC4CCCCC43)n2)cn1.[HH].[HH].[HH]. The lowest BCUT2D eigenvalue weighted by atomic mass is 9.85. The Morgan fingerprint density at radius 3 is 2.64 bits per heavy atom. The number of nitrogen functional groups attached to an aromatic ring is 1. The summed E-state index contributed by atoms with van der Waals surface area (Å²) < 4.78 is 33.8. The molecule has 1 saturated heterocycles. The molecule has 11 heteroatoms. The molecule has 3 unspecified atom stereocenters. The molecule has 0 radical (unpaired) electrons. The lowest BCUT2D eigenvalue weighted by Gasteiger charge is -2.35. The average molecular weight is 557 g/mol. The molecule has 3 aromatic heterocycles. The minimum atomic E-state index is -4.25. The summed E-state index contributed by atoms with van der Waals surface area (Å²) in [5.41, 5.74) is 7.26. The molecule has 0 bridgehead atoms. The lowest BCUT2D eigenvalue weighted by molar-refractivity contribution is 0.0981. The van der Waals surface area contributed by atoms with Crippen molar-refractivity contribution in [2.24, 2.45) is 5.92 Å². The Balaban J connectivity index is 0.00000205. The van der Waals surface area contributed by atoms with Gasteiger partial charge in [0.25, 0.3) is 15.9 Å². The molecule has 39 heavy (non-hydrogen) atoms. The molecule has 4 heterocycles. The van der Waals surface area contributed by atoms with Gasteiger partial charge in [-0.15, -0.1) is 0 Å². The predicted octanol–water partition coefficient (Wildman–Crippen LogP) is 4.92. The number of hydrogen-bond donors (Lipinski definition) is 2. The van der Waals surface area contributed by atoms with Crippen LogP contribution in [0.4, 0.5) is 11.6 Å². The van der Waals surface area contributed by atoms with E-state index < -0.39 is 15.9 Å². The van der Waals surface area contributed by atoms with E-state index in [1.54, 1.807) is 24.4 Å². The number of carbonyl (C=O) groups is 1. The van der Waals surface area contributed by atoms with E-state index >= 15 is 0 Å². The molecular formula is C28H40N6O4S. The van der Waals surface area contributed by atoms with Crippen molar-refractivity contribution in [3.63, 3.8) is 0 Å². The molecule has 5 rings (SSSR count). The van der Waals surface area contributed by atoms with Gasteiger partial charge in [-0.25, -0.2) is 19.7 Å². The van der Waals surface area contributed by atoms with Crippen LogP contribution in [-0.2, 0) is 10.0 Å². The normalized spacial score (nSPS) is 21.0. The van der Waals surface area contributed by atoms with E-state index in [2.05, 4.69) is 26.5 Å². The third-order valence-electron chi connectivity index (χ3n) is 7.35. The van der Waals surface area contributed by atoms with Crippen molar-refractivity contribution in [2.75, 3.05) is 10.6 Å². The molecule has 212 valence electrons. The standard InChI is InChI=1S/C28H34N6O4S.3H2/c1-17(2)38-25-14-11-20(16-30-25)22-13-12-21(28(35)33-39(36,37)26-10-6-9-24(29)32-26)27(31-22)34-18(3)15-19-7-4-5-8-23(19)34;;;/h6,9-14,16-19,23H,4-5,7-8,15H2,1-3H3,(H2,29,32)(H,33,35);3*1H. The fraction of sp³-hybridized carbons (Fsp3) is 0.429. The van der Waals surface area contributed by atoms with Crippen LogP contribution in [-0.4, -0.2) is 47.5 Å². The van der Waals surface area contributed by atoms with Gasteiger partial charge in [0.15, 0.2) is 5.03 Å². The van der Waals surface area contributed by atoms with Crippen LogP contribution < -0.4 is 20.1 Å². The maximum absolute atomic E-state index is 13.5. The van der Waals surface area contributed by atoms with Crippen molar-refractivity contribution in [3.8, 4) is 17.1 Å². The summed E-state index contributed by atoms with van der Waals surface area (Å²) in [6, 6.07) is 11.7. The van der Waals surface area contributed by atoms with Gasteiger partial charge >= 0.3 is 0 Å². The average Bonchev–Trinajstić information content (AvgIpc) is 3.23. The molecular weight excluding hydrogens is 516 g/mol. The first-order chi connectivity index (χ1) is 18.6. The number of carbonyl (C=O) groups excluding carboxylic acids is 1. The molecule has 3 aromatic rings. The van der Waals surface area contributed by atoms with Crippen molar-refractivity contribution in [1.29, 1.82) is 0 Å². The molecule has 10 nitrogen and oxygen atoms in total. The zero-order valence-corrected chi connectivity index (χ0v) is 23.2. The number of nitrogens with two attached hydrogens (primary N) is 1. The van der Waals surface area contributed by atoms with Crippen molar-refractivity contribution in [1.82, 2.24) is 19.7 Å². The van der Waals surface area contributed by atoms with Gasteiger partial charge in [-0.3, -0.25) is 4.79 Å². The predicted molar refractivity (Wildman–Crippen MR) is 155 cm³/mol. The maximum atomic E-state index is 13.5. The smallest absolute Gasteiger partial charge is 0.281 e. The fourth-order valence-electron chi connectivity index (χ4n) is 5.71. The highest BCUT2D eigenvalue weighted by molar-refractivity contribution is 7.90. The Bertz CT molecular complexity index is 1480. The number of ether oxygens (including phenoxy) is 1. The van der Waals surface area contributed by atoms with Crippen LogP contribution in [0.5, 0.6) is 5.88 Å². The van der Waals surface area contributed by atoms with Crippen molar-refractivity contribution in [2.45, 2.75) is 76.1 Å². The number of aromatic nitrogens is 3. The largest absolute Gasteiger partial charge is 0.475 e. The van der Waals surface area contributed by atoms with Gasteiger partial charge in [-0.2, -0.15) is 8.42 Å². The number of fused-ring (bicyclic) bond motifs is 1. The van der Waals surface area contributed by atoms with Crippen molar-refractivity contribution >= 4 is 27.6 Å². The molecule has 2 fully saturated rings. The summed E-state index contributed by atoms with van der Waals surface area (Å²) in [5.74, 6) is 0.793. The second kappa shape index (κ2) is 10.8. The fourth-order valence-corrected chi connectivity index (χ4v) is 6.65. The number of amides is 1. The van der Waals surface area contributed by atoms with Crippen LogP contribution in [0.1, 0.15) is 67.5 Å². The number of nitrogens with one attached hydrogen (secondary N) is 1. The molecule has 0 spiro atoms. The summed E-state index contributed by atoms with van der Waals surface area (Å²) in [6.45, 7) is 6.01. The molecule has 1 amide bonds. The number of pyridine rings is 3. The number of rotatable bonds is 7. The molecule has 0 aromatic carbocycles. The van der Waals surface area contributed by atoms with Crippen LogP contribution in [0, 0.1) is 5.92 Å². The van der Waals surface area contributed by atoms with Gasteiger partial charge in [-0.05, 0) is 76.3 Å². The van der Waals surface area contributed by atoms with Crippen LogP contribution in [0.15, 0.2) is 53.7 Å². The Labute approximate surface area is 233 Å². The summed E-state index contributed by atoms with van der Waals surface area (Å²) in [6.07, 6.45) is 7.17. The van der Waals surface area contributed by atoms with E-state index in [1.807, 2.05) is 19.9 Å². The van der Waals surface area contributed by atoms with Crippen LogP contribution in [0.3, 0.4) is 0 Å². The lowest BCUT2D eigenvalue weighted by Crippen LogP contribution is -2.40. The zero-order valence-electron chi connectivity index (χ0n) is 22.4. The summed E-state index contributed by atoms with van der Waals surface area (Å²) in [7, 11) is -4.25. The van der Waals surface area contributed by atoms with E-state index in [4.69, 9.17) is 15.5 Å². The first-order valence-corrected chi connectivity index (χ1v) is 14.8. The van der Waals surface area contributed by atoms with Gasteiger partial charge in [0, 0.05) is 34.2 Å². The molecule has 1 saturated carbocycles. The first kappa shape index (κ1) is 26.9. The first-order valence-electron chi connectivity index (χ1n) is 13.3. The molecule has 1 aliphatic carbocycles. The van der Waals surface area contributed by atoms with Gasteiger partial charge in [-0.1, -0.05) is 18.9 Å². The third kappa shape index (κ3) is 5.68. The van der Waals surface area contributed by atoms with Crippen molar-refractivity contribution < 1.29 is 22.2 Å². The highest BCUT2D eigenvalue weighted by Crippen LogP contribution is 2.43. The maximum Gasteiger partial charge on any atom is 0.281 e. The monoisotopic (exact) mass is 556 g/mol. The Hall–Kier alpha value is -3.73. The third-order valence-corrected chi connectivity index (χ3v) is 8.58. The minimum absolute atomic E-state index is 0. The molecule has 2 aliphatic rings. The van der Waals surface area contributed by atoms with E-state index in [-0.39, 0.29) is 38.9 Å². The highest BCUT2D eigenvalue weighted by Gasteiger charge is 2.42. The van der Waals surface area contributed by atoms with Crippen molar-refractivity contribution in [3.05, 3.63) is 54.2 Å². The summed E-state index contributed by atoms with van der Waals surface area (Å²) >= 11 is 0. The zero-order chi connectivity index (χ0) is 27.7. The van der Waals surface area contributed by atoms with E-state index in [0.717, 1.165) is 31.2 Å². The quantitative estimate of drug-likeness (QED) is 0.415. The number of anilines is 2. The van der Waals surface area contributed by atoms with E-state index in [9.17, 15) is 13.2 Å². The topological polar surface area (TPSA) is 140 Å². The van der Waals surface area contributed by atoms with Crippen LogP contribution in [0.2, 0.25) is 0 Å². The second-order valence-electron chi connectivity index (χ2n) is 10.6.